The Balaban J connectivity index is 1.58. The van der Waals surface area contributed by atoms with E-state index in [1.807, 2.05) is 25.1 Å². The molecule has 3 amide bonds. The maximum absolute atomic E-state index is 13.7. The standard InChI is InChI=1S/C32H42N4O9/c1-5-42-27(37)12-11-23(29(39)35-15-17-36(18-16-35)31(41)44-7-3)34-28(38)25-20-26(22-10-9-21(4)19-24(22)33-25)45-32(13-8-14-32)30(40)43-6-2/h9-10,19-20,23H,5-8,11-18H2,1-4H3,(H,34,38). The van der Waals surface area contributed by atoms with Crippen molar-refractivity contribution in [2.75, 3.05) is 46.0 Å². The third kappa shape index (κ3) is 8.00. The van der Waals surface area contributed by atoms with Gasteiger partial charge in [0.2, 0.25) is 11.5 Å². The van der Waals surface area contributed by atoms with Crippen LogP contribution >= 0.6 is 0 Å². The zero-order valence-electron chi connectivity index (χ0n) is 26.4. The van der Waals surface area contributed by atoms with Crippen molar-refractivity contribution in [2.24, 2.45) is 0 Å². The number of ether oxygens (including phenoxy) is 4. The Kier molecular flexibility index (Phi) is 11.2. The molecule has 2 heterocycles. The highest BCUT2D eigenvalue weighted by Gasteiger charge is 2.48. The Labute approximate surface area is 262 Å². The van der Waals surface area contributed by atoms with E-state index in [1.54, 1.807) is 25.7 Å². The van der Waals surface area contributed by atoms with Crippen molar-refractivity contribution in [3.63, 3.8) is 0 Å². The first-order chi connectivity index (χ1) is 21.6. The van der Waals surface area contributed by atoms with Crippen LogP contribution in [0.4, 0.5) is 4.79 Å². The Morgan fingerprint density at radius 2 is 1.58 bits per heavy atom. The summed E-state index contributed by atoms with van der Waals surface area (Å²) >= 11 is 0. The van der Waals surface area contributed by atoms with Gasteiger partial charge in [0.1, 0.15) is 17.5 Å². The third-order valence-corrected chi connectivity index (χ3v) is 7.94. The first kappa shape index (κ1) is 33.5. The van der Waals surface area contributed by atoms with E-state index < -0.39 is 35.6 Å². The van der Waals surface area contributed by atoms with E-state index in [0.717, 1.165) is 12.0 Å². The largest absolute Gasteiger partial charge is 0.475 e. The molecule has 1 saturated carbocycles. The Bertz CT molecular complexity index is 1420. The molecule has 0 spiro atoms. The van der Waals surface area contributed by atoms with Crippen molar-refractivity contribution in [1.82, 2.24) is 20.1 Å². The normalized spacial score (nSPS) is 16.3. The zero-order valence-corrected chi connectivity index (χ0v) is 26.4. The zero-order chi connectivity index (χ0) is 32.6. The van der Waals surface area contributed by atoms with Crippen molar-refractivity contribution < 1.29 is 42.9 Å². The fourth-order valence-corrected chi connectivity index (χ4v) is 5.36. The van der Waals surface area contributed by atoms with E-state index in [4.69, 9.17) is 18.9 Å². The van der Waals surface area contributed by atoms with Crippen LogP contribution in [0.15, 0.2) is 24.3 Å². The summed E-state index contributed by atoms with van der Waals surface area (Å²) in [5.74, 6) is -1.67. The van der Waals surface area contributed by atoms with Crippen LogP contribution in [0.5, 0.6) is 5.75 Å². The number of benzene rings is 1. The monoisotopic (exact) mass is 626 g/mol. The molecule has 1 unspecified atom stereocenters. The van der Waals surface area contributed by atoms with Crippen LogP contribution in [-0.2, 0) is 28.6 Å². The van der Waals surface area contributed by atoms with Gasteiger partial charge in [-0.25, -0.2) is 14.6 Å². The molecule has 1 N–H and O–H groups in total. The van der Waals surface area contributed by atoms with Crippen LogP contribution in [0.1, 0.15) is 68.9 Å². The van der Waals surface area contributed by atoms with E-state index in [2.05, 4.69) is 10.3 Å². The second-order valence-electron chi connectivity index (χ2n) is 11.1. The van der Waals surface area contributed by atoms with Crippen LogP contribution in [0.3, 0.4) is 0 Å². The Morgan fingerprint density at radius 3 is 2.20 bits per heavy atom. The Hall–Kier alpha value is -4.42. The first-order valence-electron chi connectivity index (χ1n) is 15.5. The predicted molar refractivity (Wildman–Crippen MR) is 163 cm³/mol. The number of carbonyl (C=O) groups is 5. The number of piperazine rings is 1. The summed E-state index contributed by atoms with van der Waals surface area (Å²) in [4.78, 5) is 72.2. The van der Waals surface area contributed by atoms with Gasteiger partial charge in [-0.05, 0) is 71.1 Å². The molecular weight excluding hydrogens is 584 g/mol. The van der Waals surface area contributed by atoms with Gasteiger partial charge in [-0.15, -0.1) is 0 Å². The molecule has 0 radical (unpaired) electrons. The predicted octanol–water partition coefficient (Wildman–Crippen LogP) is 3.15. The number of aryl methyl sites for hydroxylation is 1. The molecule has 1 aromatic carbocycles. The molecule has 0 bridgehead atoms. The number of aromatic nitrogens is 1. The van der Waals surface area contributed by atoms with Gasteiger partial charge in [0.25, 0.3) is 5.91 Å². The van der Waals surface area contributed by atoms with Crippen molar-refractivity contribution >= 4 is 40.7 Å². The molecule has 1 aliphatic carbocycles. The Morgan fingerprint density at radius 1 is 0.911 bits per heavy atom. The summed E-state index contributed by atoms with van der Waals surface area (Å²) in [6.07, 6.45) is 1.23. The molecule has 13 nitrogen and oxygen atoms in total. The number of nitrogens with zero attached hydrogens (tertiary/aromatic N) is 3. The van der Waals surface area contributed by atoms with Crippen molar-refractivity contribution in [1.29, 1.82) is 0 Å². The van der Waals surface area contributed by atoms with Crippen molar-refractivity contribution in [2.45, 2.75) is 71.4 Å². The lowest BCUT2D eigenvalue weighted by atomic mass is 9.80. The molecule has 45 heavy (non-hydrogen) atoms. The van der Waals surface area contributed by atoms with Crippen LogP contribution in [0, 0.1) is 6.92 Å². The van der Waals surface area contributed by atoms with E-state index in [9.17, 15) is 24.0 Å². The average Bonchev–Trinajstić information content (AvgIpc) is 3.00. The van der Waals surface area contributed by atoms with Gasteiger partial charge in [0, 0.05) is 44.1 Å². The van der Waals surface area contributed by atoms with Crippen molar-refractivity contribution in [3.8, 4) is 5.75 Å². The fraction of sp³-hybridized carbons (Fsp3) is 0.562. The van der Waals surface area contributed by atoms with E-state index in [-0.39, 0.29) is 70.4 Å². The number of pyridine rings is 1. The summed E-state index contributed by atoms with van der Waals surface area (Å²) in [7, 11) is 0. The molecule has 13 heteroatoms. The minimum atomic E-state index is -1.15. The maximum atomic E-state index is 13.7. The van der Waals surface area contributed by atoms with Gasteiger partial charge in [-0.2, -0.15) is 0 Å². The van der Waals surface area contributed by atoms with E-state index in [0.29, 0.717) is 29.5 Å². The SMILES string of the molecule is CCOC(=O)CCC(NC(=O)c1cc(OC2(C(=O)OCC)CCC2)c2ccc(C)cc2n1)C(=O)N1CCN(C(=O)OCC)CC1. The summed E-state index contributed by atoms with van der Waals surface area (Å²) in [6, 6.07) is 5.93. The number of fused-ring (bicyclic) bond motifs is 1. The average molecular weight is 627 g/mol. The van der Waals surface area contributed by atoms with Gasteiger partial charge in [0.05, 0.1) is 25.3 Å². The summed E-state index contributed by atoms with van der Waals surface area (Å²) < 4.78 is 21.7. The first-order valence-corrected chi connectivity index (χ1v) is 15.5. The molecule has 2 aliphatic rings. The smallest absolute Gasteiger partial charge is 0.409 e. The second kappa shape index (κ2) is 15.0. The third-order valence-electron chi connectivity index (χ3n) is 7.94. The summed E-state index contributed by atoms with van der Waals surface area (Å²) in [5, 5.41) is 3.40. The number of hydrogen-bond acceptors (Lipinski definition) is 10. The molecule has 1 atom stereocenters. The van der Waals surface area contributed by atoms with Crippen LogP contribution in [0.25, 0.3) is 10.9 Å². The number of carbonyl (C=O) groups excluding carboxylic acids is 5. The fourth-order valence-electron chi connectivity index (χ4n) is 5.36. The number of amides is 3. The van der Waals surface area contributed by atoms with E-state index >= 15 is 0 Å². The minimum absolute atomic E-state index is 0.00349. The minimum Gasteiger partial charge on any atom is -0.475 e. The number of rotatable bonds is 12. The molecule has 1 aromatic heterocycles. The lowest BCUT2D eigenvalue weighted by molar-refractivity contribution is -0.169. The highest BCUT2D eigenvalue weighted by atomic mass is 16.6. The second-order valence-corrected chi connectivity index (χ2v) is 11.1. The molecular formula is C32H42N4O9. The maximum Gasteiger partial charge on any atom is 0.409 e. The highest BCUT2D eigenvalue weighted by Crippen LogP contribution is 2.40. The summed E-state index contributed by atoms with van der Waals surface area (Å²) in [5.41, 5.74) is 0.238. The van der Waals surface area contributed by atoms with Gasteiger partial charge < -0.3 is 34.1 Å². The van der Waals surface area contributed by atoms with Gasteiger partial charge in [0.15, 0.2) is 0 Å². The van der Waals surface area contributed by atoms with Crippen LogP contribution < -0.4 is 10.1 Å². The van der Waals surface area contributed by atoms with Gasteiger partial charge in [-0.3, -0.25) is 14.4 Å². The number of esters is 2. The molecule has 2 fully saturated rings. The molecule has 1 saturated heterocycles. The van der Waals surface area contributed by atoms with E-state index in [1.165, 1.54) is 11.0 Å². The van der Waals surface area contributed by atoms with Gasteiger partial charge in [-0.1, -0.05) is 6.07 Å². The van der Waals surface area contributed by atoms with Crippen LogP contribution in [0.2, 0.25) is 0 Å². The topological polar surface area (TPSA) is 154 Å². The molecule has 4 rings (SSSR count). The summed E-state index contributed by atoms with van der Waals surface area (Å²) in [6.45, 7) is 8.73. The molecule has 244 valence electrons. The van der Waals surface area contributed by atoms with Crippen LogP contribution in [-0.4, -0.2) is 102 Å². The quantitative estimate of drug-likeness (QED) is 0.275. The molecule has 1 aliphatic heterocycles. The molecule has 2 aromatic rings. The number of hydrogen-bond donors (Lipinski definition) is 1. The van der Waals surface area contributed by atoms with Crippen molar-refractivity contribution in [3.05, 3.63) is 35.5 Å². The lowest BCUT2D eigenvalue weighted by Gasteiger charge is -2.39. The highest BCUT2D eigenvalue weighted by molar-refractivity contribution is 5.99. The van der Waals surface area contributed by atoms with Gasteiger partial charge >= 0.3 is 18.0 Å². The lowest BCUT2D eigenvalue weighted by Crippen LogP contribution is -2.56. The number of nitrogens with one attached hydrogen (secondary N) is 1.